The summed E-state index contributed by atoms with van der Waals surface area (Å²) in [4.78, 5) is 40.9. The molecular weight excluding hydrogens is 462 g/mol. The maximum Gasteiger partial charge on any atom is 0.408 e. The first-order chi connectivity index (χ1) is 16.6. The highest BCUT2D eigenvalue weighted by Gasteiger charge is 2.36. The molecule has 0 spiro atoms. The zero-order valence-corrected chi connectivity index (χ0v) is 22.0. The Labute approximate surface area is 212 Å². The first-order valence-corrected chi connectivity index (χ1v) is 11.7. The van der Waals surface area contributed by atoms with E-state index in [1.807, 2.05) is 20.8 Å². The Balaban J connectivity index is 2.44. The summed E-state index contributed by atoms with van der Waals surface area (Å²) in [5.74, 6) is -1.12. The summed E-state index contributed by atoms with van der Waals surface area (Å²) < 4.78 is 5.35. The second-order valence-corrected chi connectivity index (χ2v) is 10.7. The van der Waals surface area contributed by atoms with Gasteiger partial charge in [-0.3, -0.25) is 9.59 Å². The number of alkyl carbamates (subject to hydrolysis) is 1. The van der Waals surface area contributed by atoms with Gasteiger partial charge < -0.3 is 30.5 Å². The minimum atomic E-state index is -1.17. The summed E-state index contributed by atoms with van der Waals surface area (Å²) in [6.07, 6.45) is -0.705. The Bertz CT molecular complexity index is 1070. The number of hydrogen-bond donors (Lipinski definition) is 4. The summed E-state index contributed by atoms with van der Waals surface area (Å²) >= 11 is 0. The Morgan fingerprint density at radius 2 is 1.53 bits per heavy atom. The number of aromatic hydroxyl groups is 2. The average Bonchev–Trinajstić information content (AvgIpc) is 2.73. The number of ether oxygens (including phenoxy) is 1. The molecule has 0 fully saturated rings. The molecule has 2 aromatic rings. The van der Waals surface area contributed by atoms with Crippen LogP contribution in [0.1, 0.15) is 58.7 Å². The van der Waals surface area contributed by atoms with Gasteiger partial charge in [-0.15, -0.1) is 0 Å². The van der Waals surface area contributed by atoms with Crippen LogP contribution >= 0.6 is 0 Å². The lowest BCUT2D eigenvalue weighted by molar-refractivity contribution is -0.141. The van der Waals surface area contributed by atoms with Gasteiger partial charge in [0.25, 0.3) is 0 Å². The minimum Gasteiger partial charge on any atom is -0.508 e. The van der Waals surface area contributed by atoms with Gasteiger partial charge in [0.05, 0.1) is 0 Å². The number of amides is 3. The first kappa shape index (κ1) is 28.5. The molecule has 4 N–H and O–H groups in total. The van der Waals surface area contributed by atoms with Gasteiger partial charge in [-0.05, 0) is 65.3 Å². The minimum absolute atomic E-state index is 0.0670. The molecule has 2 rings (SSSR count). The molecule has 196 valence electrons. The van der Waals surface area contributed by atoms with Gasteiger partial charge in [0.1, 0.15) is 29.2 Å². The molecule has 0 heterocycles. The molecular formula is C27H37N3O6. The average molecular weight is 500 g/mol. The van der Waals surface area contributed by atoms with E-state index in [2.05, 4.69) is 10.6 Å². The van der Waals surface area contributed by atoms with Crippen molar-refractivity contribution in [3.63, 3.8) is 0 Å². The normalized spacial score (nSPS) is 13.3. The van der Waals surface area contributed by atoms with Crippen LogP contribution in [0.4, 0.5) is 4.79 Å². The zero-order chi connectivity index (χ0) is 27.3. The third-order valence-corrected chi connectivity index (χ3v) is 5.08. The number of benzene rings is 2. The zero-order valence-electron chi connectivity index (χ0n) is 22.0. The Morgan fingerprint density at radius 1 is 0.944 bits per heavy atom. The number of nitrogens with one attached hydrogen (secondary N) is 2. The highest BCUT2D eigenvalue weighted by Crippen LogP contribution is 2.29. The SMILES string of the molecule is CN(C(=O)C(Cc1ccc(O)cc1)NC(=O)OC(C)(C)C)C(C(=O)NC(C)(C)C)c1ccccc1O. The van der Waals surface area contributed by atoms with Crippen molar-refractivity contribution in [3.8, 4) is 11.5 Å². The van der Waals surface area contributed by atoms with E-state index in [1.165, 1.54) is 30.1 Å². The molecule has 2 unspecified atom stereocenters. The van der Waals surface area contributed by atoms with Gasteiger partial charge in [-0.2, -0.15) is 0 Å². The number of nitrogens with zero attached hydrogens (tertiary/aromatic N) is 1. The van der Waals surface area contributed by atoms with Crippen molar-refractivity contribution in [2.75, 3.05) is 7.05 Å². The van der Waals surface area contributed by atoms with Crippen molar-refractivity contribution < 1.29 is 29.3 Å². The maximum atomic E-state index is 13.8. The Kier molecular flexibility index (Phi) is 8.96. The van der Waals surface area contributed by atoms with Gasteiger partial charge in [-0.1, -0.05) is 30.3 Å². The van der Waals surface area contributed by atoms with Gasteiger partial charge in [0.2, 0.25) is 11.8 Å². The molecule has 3 amide bonds. The lowest BCUT2D eigenvalue weighted by atomic mass is 9.99. The van der Waals surface area contributed by atoms with Crippen LogP contribution in [0.3, 0.4) is 0 Å². The van der Waals surface area contributed by atoms with Crippen LogP contribution in [0, 0.1) is 0 Å². The maximum absolute atomic E-state index is 13.8. The van der Waals surface area contributed by atoms with E-state index in [-0.39, 0.29) is 23.5 Å². The van der Waals surface area contributed by atoms with Crippen molar-refractivity contribution in [2.45, 2.75) is 71.2 Å². The van der Waals surface area contributed by atoms with Crippen LogP contribution in [-0.4, -0.2) is 57.3 Å². The highest BCUT2D eigenvalue weighted by atomic mass is 16.6. The molecule has 9 nitrogen and oxygen atoms in total. The molecule has 2 atom stereocenters. The van der Waals surface area contributed by atoms with Crippen molar-refractivity contribution in [1.82, 2.24) is 15.5 Å². The van der Waals surface area contributed by atoms with E-state index >= 15 is 0 Å². The third kappa shape index (κ3) is 8.48. The van der Waals surface area contributed by atoms with Crippen molar-refractivity contribution in [1.29, 1.82) is 0 Å². The van der Waals surface area contributed by atoms with Gasteiger partial charge in [0.15, 0.2) is 0 Å². The van der Waals surface area contributed by atoms with Crippen molar-refractivity contribution in [3.05, 3.63) is 59.7 Å². The monoisotopic (exact) mass is 499 g/mol. The molecule has 0 aromatic heterocycles. The molecule has 36 heavy (non-hydrogen) atoms. The van der Waals surface area contributed by atoms with E-state index in [4.69, 9.17) is 4.74 Å². The second-order valence-electron chi connectivity index (χ2n) is 10.7. The summed E-state index contributed by atoms with van der Waals surface area (Å²) in [6, 6.07) is 10.3. The fraction of sp³-hybridized carbons (Fsp3) is 0.444. The lowest BCUT2D eigenvalue weighted by Crippen LogP contribution is -2.54. The van der Waals surface area contributed by atoms with E-state index in [0.29, 0.717) is 5.56 Å². The fourth-order valence-electron chi connectivity index (χ4n) is 3.57. The molecule has 0 saturated carbocycles. The molecule has 0 aliphatic carbocycles. The number of carbonyl (C=O) groups is 3. The van der Waals surface area contributed by atoms with Crippen LogP contribution in [-0.2, 0) is 20.7 Å². The molecule has 9 heteroatoms. The molecule has 0 saturated heterocycles. The number of phenols is 2. The van der Waals surface area contributed by atoms with Crippen LogP contribution in [0.5, 0.6) is 11.5 Å². The molecule has 0 aliphatic heterocycles. The van der Waals surface area contributed by atoms with E-state index < -0.39 is 41.1 Å². The number of phenolic OH excluding ortho intramolecular Hbond substituents is 2. The first-order valence-electron chi connectivity index (χ1n) is 11.7. The molecule has 0 radical (unpaired) electrons. The highest BCUT2D eigenvalue weighted by molar-refractivity contribution is 5.92. The standard InChI is InChI=1S/C27H37N3O6/c1-26(2,3)29-23(33)22(19-10-8-9-11-21(19)32)30(7)24(34)20(28-25(35)36-27(4,5)6)16-17-12-14-18(31)15-13-17/h8-15,20,22,31-32H,16H2,1-7H3,(H,28,35)(H,29,33). The van der Waals surface area contributed by atoms with Crippen LogP contribution in [0.2, 0.25) is 0 Å². The summed E-state index contributed by atoms with van der Waals surface area (Å²) in [7, 11) is 1.45. The molecule has 2 aromatic carbocycles. The predicted octanol–water partition coefficient (Wildman–Crippen LogP) is 3.65. The van der Waals surface area contributed by atoms with Crippen LogP contribution < -0.4 is 10.6 Å². The van der Waals surface area contributed by atoms with Crippen LogP contribution in [0.25, 0.3) is 0 Å². The lowest BCUT2D eigenvalue weighted by Gasteiger charge is -2.33. The fourth-order valence-corrected chi connectivity index (χ4v) is 3.57. The number of rotatable bonds is 7. The molecule has 0 aliphatic rings. The van der Waals surface area contributed by atoms with E-state index in [0.717, 1.165) is 0 Å². The molecule has 0 bridgehead atoms. The number of para-hydroxylation sites is 1. The third-order valence-electron chi connectivity index (χ3n) is 5.08. The Hall–Kier alpha value is -3.75. The summed E-state index contributed by atoms with van der Waals surface area (Å²) in [6.45, 7) is 10.6. The largest absolute Gasteiger partial charge is 0.508 e. The number of hydrogen-bond acceptors (Lipinski definition) is 6. The van der Waals surface area contributed by atoms with Crippen LogP contribution in [0.15, 0.2) is 48.5 Å². The van der Waals surface area contributed by atoms with E-state index in [1.54, 1.807) is 51.1 Å². The quantitative estimate of drug-likeness (QED) is 0.460. The van der Waals surface area contributed by atoms with Crippen molar-refractivity contribution in [2.24, 2.45) is 0 Å². The number of likely N-dealkylation sites (N-methyl/N-ethyl adjacent to an activating group) is 1. The smallest absolute Gasteiger partial charge is 0.408 e. The predicted molar refractivity (Wildman–Crippen MR) is 136 cm³/mol. The topological polar surface area (TPSA) is 128 Å². The summed E-state index contributed by atoms with van der Waals surface area (Å²) in [5, 5.41) is 25.6. The number of carbonyl (C=O) groups excluding carboxylic acids is 3. The summed E-state index contributed by atoms with van der Waals surface area (Å²) in [5.41, 5.74) is -0.457. The Morgan fingerprint density at radius 3 is 2.06 bits per heavy atom. The van der Waals surface area contributed by atoms with Gasteiger partial charge in [0, 0.05) is 24.6 Å². The van der Waals surface area contributed by atoms with Gasteiger partial charge in [-0.25, -0.2) is 4.79 Å². The second kappa shape index (κ2) is 11.3. The van der Waals surface area contributed by atoms with Crippen molar-refractivity contribution >= 4 is 17.9 Å². The van der Waals surface area contributed by atoms with Gasteiger partial charge >= 0.3 is 6.09 Å². The van der Waals surface area contributed by atoms with E-state index in [9.17, 15) is 24.6 Å².